The molecule has 0 amide bonds. The van der Waals surface area contributed by atoms with Crippen molar-refractivity contribution in [2.24, 2.45) is 0 Å². The number of rotatable bonds is 4. The lowest BCUT2D eigenvalue weighted by Gasteiger charge is -2.42. The van der Waals surface area contributed by atoms with Gasteiger partial charge in [0.05, 0.1) is 46.3 Å². The van der Waals surface area contributed by atoms with Crippen molar-refractivity contribution in [1.82, 2.24) is 4.57 Å². The fourth-order valence-corrected chi connectivity index (χ4v) is 8.03. The van der Waals surface area contributed by atoms with Gasteiger partial charge >= 0.3 is 0 Å². The molecule has 1 aliphatic rings. The third-order valence-corrected chi connectivity index (χ3v) is 10.4. The van der Waals surface area contributed by atoms with Crippen LogP contribution in [0.5, 0.6) is 0 Å². The molecule has 4 heteroatoms. The summed E-state index contributed by atoms with van der Waals surface area (Å²) >= 11 is 0. The van der Waals surface area contributed by atoms with Gasteiger partial charge in [0, 0.05) is 27.4 Å². The van der Waals surface area contributed by atoms with E-state index in [0.717, 1.165) is 61.1 Å². The normalized spacial score (nSPS) is 13.0. The first kappa shape index (κ1) is 30.2. The van der Waals surface area contributed by atoms with Crippen molar-refractivity contribution in [1.29, 1.82) is 5.26 Å². The summed E-state index contributed by atoms with van der Waals surface area (Å²) in [6.45, 7) is 12.8. The van der Waals surface area contributed by atoms with E-state index in [4.69, 9.17) is 6.57 Å². The summed E-state index contributed by atoms with van der Waals surface area (Å²) in [5, 5.41) is 12.7. The lowest BCUT2D eigenvalue weighted by atomic mass is 9.72. The van der Waals surface area contributed by atoms with Crippen molar-refractivity contribution >= 4 is 44.6 Å². The Morgan fingerprint density at radius 2 is 1.22 bits per heavy atom. The third kappa shape index (κ3) is 4.58. The summed E-state index contributed by atoms with van der Waals surface area (Å²) in [4.78, 5) is 6.37. The molecule has 1 aliphatic heterocycles. The Morgan fingerprint density at radius 3 is 1.94 bits per heavy atom. The van der Waals surface area contributed by atoms with E-state index in [9.17, 15) is 5.26 Å². The van der Waals surface area contributed by atoms with E-state index >= 15 is 0 Å². The molecule has 0 aliphatic carbocycles. The highest BCUT2D eigenvalue weighted by molar-refractivity contribution is 6.10. The van der Waals surface area contributed by atoms with E-state index in [1.54, 1.807) is 0 Å². The summed E-state index contributed by atoms with van der Waals surface area (Å²) in [7, 11) is 0. The molecular formula is C47H32N4. The Balaban J connectivity index is 1.26. The Bertz CT molecular complexity index is 2700. The zero-order valence-electron chi connectivity index (χ0n) is 28.3. The minimum absolute atomic E-state index is 0.286. The van der Waals surface area contributed by atoms with Gasteiger partial charge in [-0.1, -0.05) is 117 Å². The maximum absolute atomic E-state index is 10.4. The molecule has 9 rings (SSSR count). The SMILES string of the molecule is [C-]#[N+]c1cccc(-c2ccc(C#N)c(-c3ccc4c(c3)C(C)(C)c3ccccc3N4c3ccccc3)c2)c1-n1c2ccccc2c2ccccc21. The molecule has 0 unspecified atom stereocenters. The van der Waals surface area contributed by atoms with Crippen LogP contribution in [0.3, 0.4) is 0 Å². The van der Waals surface area contributed by atoms with Crippen molar-refractivity contribution in [3.63, 3.8) is 0 Å². The maximum Gasteiger partial charge on any atom is 0.211 e. The lowest BCUT2D eigenvalue weighted by molar-refractivity contribution is 0.632. The van der Waals surface area contributed by atoms with Crippen LogP contribution in [0, 0.1) is 17.9 Å². The predicted octanol–water partition coefficient (Wildman–Crippen LogP) is 12.6. The van der Waals surface area contributed by atoms with Gasteiger partial charge in [-0.05, 0) is 82.4 Å². The first-order valence-electron chi connectivity index (χ1n) is 17.1. The number of nitrogens with zero attached hydrogens (tertiary/aromatic N) is 4. The average Bonchev–Trinajstić information content (AvgIpc) is 3.52. The molecule has 8 aromatic rings. The predicted molar refractivity (Wildman–Crippen MR) is 209 cm³/mol. The van der Waals surface area contributed by atoms with Crippen molar-refractivity contribution in [3.05, 3.63) is 186 Å². The molecule has 1 aromatic heterocycles. The number of hydrogen-bond donors (Lipinski definition) is 0. The molecule has 0 atom stereocenters. The van der Waals surface area contributed by atoms with Crippen LogP contribution < -0.4 is 4.90 Å². The molecule has 0 N–H and O–H groups in total. The van der Waals surface area contributed by atoms with Crippen LogP contribution >= 0.6 is 0 Å². The number of anilines is 3. The molecule has 0 bridgehead atoms. The van der Waals surface area contributed by atoms with Crippen LogP contribution in [0.4, 0.5) is 22.7 Å². The maximum atomic E-state index is 10.4. The number of hydrogen-bond acceptors (Lipinski definition) is 2. The van der Waals surface area contributed by atoms with Gasteiger partial charge in [-0.3, -0.25) is 0 Å². The minimum atomic E-state index is -0.286. The van der Waals surface area contributed by atoms with Crippen LogP contribution in [0.2, 0.25) is 0 Å². The molecule has 4 nitrogen and oxygen atoms in total. The number of aromatic nitrogens is 1. The molecule has 0 saturated heterocycles. The summed E-state index contributed by atoms with van der Waals surface area (Å²) in [6, 6.07) is 56.9. The van der Waals surface area contributed by atoms with Gasteiger partial charge in [0.1, 0.15) is 0 Å². The largest absolute Gasteiger partial charge is 0.318 e. The first-order valence-corrected chi connectivity index (χ1v) is 17.1. The van der Waals surface area contributed by atoms with E-state index < -0.39 is 0 Å². The van der Waals surface area contributed by atoms with Crippen molar-refractivity contribution < 1.29 is 0 Å². The van der Waals surface area contributed by atoms with E-state index in [0.29, 0.717) is 11.3 Å². The summed E-state index contributed by atoms with van der Waals surface area (Å²) in [6.07, 6.45) is 0. The van der Waals surface area contributed by atoms with Crippen LogP contribution in [-0.4, -0.2) is 4.57 Å². The third-order valence-electron chi connectivity index (χ3n) is 10.4. The second kappa shape index (κ2) is 11.6. The number of para-hydroxylation sites is 5. The van der Waals surface area contributed by atoms with Crippen molar-refractivity contribution in [3.8, 4) is 34.0 Å². The van der Waals surface area contributed by atoms with Gasteiger partial charge in [0.2, 0.25) is 5.69 Å². The highest BCUT2D eigenvalue weighted by Crippen LogP contribution is 2.53. The molecule has 51 heavy (non-hydrogen) atoms. The number of nitriles is 1. The fraction of sp³-hybridized carbons (Fsp3) is 0.0638. The molecular weight excluding hydrogens is 621 g/mol. The summed E-state index contributed by atoms with van der Waals surface area (Å²) < 4.78 is 2.22. The Hall–Kier alpha value is -6.88. The monoisotopic (exact) mass is 652 g/mol. The van der Waals surface area contributed by atoms with E-state index in [-0.39, 0.29) is 5.41 Å². The van der Waals surface area contributed by atoms with E-state index in [1.165, 1.54) is 16.8 Å². The Morgan fingerprint density at radius 1 is 0.588 bits per heavy atom. The Labute approximate surface area is 297 Å². The van der Waals surface area contributed by atoms with Gasteiger partial charge < -0.3 is 9.47 Å². The van der Waals surface area contributed by atoms with Crippen LogP contribution in [0.1, 0.15) is 30.5 Å². The summed E-state index contributed by atoms with van der Waals surface area (Å²) in [5.41, 5.74) is 13.4. The standard InChI is InChI=1S/C47H32N4/c1-47(2)39-19-9-12-23-44(39)50(34-14-5-4-6-15-34)45-27-26-32(29-40(45)47)38-28-31(24-25-33(38)30-48)35-18-13-20-41(49-3)46(35)51-42-21-10-7-16-36(42)37-17-8-11-22-43(37)51/h4-29H,1-2H3. The van der Waals surface area contributed by atoms with Crippen LogP contribution in [0.25, 0.3) is 54.6 Å². The first-order chi connectivity index (χ1) is 25.0. The molecule has 0 spiro atoms. The number of benzene rings is 7. The molecule has 7 aromatic carbocycles. The zero-order valence-corrected chi connectivity index (χ0v) is 28.3. The molecule has 0 saturated carbocycles. The molecule has 0 fully saturated rings. The molecule has 240 valence electrons. The Kier molecular flexibility index (Phi) is 6.88. The highest BCUT2D eigenvalue weighted by Gasteiger charge is 2.37. The van der Waals surface area contributed by atoms with Crippen LogP contribution in [-0.2, 0) is 5.41 Å². The van der Waals surface area contributed by atoms with Gasteiger partial charge in [0.25, 0.3) is 0 Å². The van der Waals surface area contributed by atoms with E-state index in [2.05, 4.69) is 149 Å². The highest BCUT2D eigenvalue weighted by atomic mass is 15.2. The smallest absolute Gasteiger partial charge is 0.211 e. The van der Waals surface area contributed by atoms with Gasteiger partial charge in [0.15, 0.2) is 0 Å². The van der Waals surface area contributed by atoms with Crippen molar-refractivity contribution in [2.75, 3.05) is 4.90 Å². The fourth-order valence-electron chi connectivity index (χ4n) is 8.03. The van der Waals surface area contributed by atoms with E-state index in [1.807, 2.05) is 42.5 Å². The zero-order chi connectivity index (χ0) is 34.7. The topological polar surface area (TPSA) is 36.3 Å². The van der Waals surface area contributed by atoms with Gasteiger partial charge in [-0.15, -0.1) is 0 Å². The van der Waals surface area contributed by atoms with Crippen LogP contribution in [0.15, 0.2) is 158 Å². The van der Waals surface area contributed by atoms with Crippen molar-refractivity contribution in [2.45, 2.75) is 19.3 Å². The average molecular weight is 653 g/mol. The summed E-state index contributed by atoms with van der Waals surface area (Å²) in [5.74, 6) is 0. The minimum Gasteiger partial charge on any atom is -0.318 e. The molecule has 0 radical (unpaired) electrons. The second-order valence-corrected chi connectivity index (χ2v) is 13.6. The molecule has 2 heterocycles. The quantitative estimate of drug-likeness (QED) is 0.177. The lowest BCUT2D eigenvalue weighted by Crippen LogP contribution is -2.30. The van der Waals surface area contributed by atoms with Gasteiger partial charge in [-0.25, -0.2) is 4.85 Å². The number of fused-ring (bicyclic) bond motifs is 5. The second-order valence-electron chi connectivity index (χ2n) is 13.6. The van der Waals surface area contributed by atoms with Gasteiger partial charge in [-0.2, -0.15) is 5.26 Å².